The van der Waals surface area contributed by atoms with E-state index in [1.807, 2.05) is 12.1 Å². The molecule has 0 bridgehead atoms. The first-order chi connectivity index (χ1) is 9.13. The topological polar surface area (TPSA) is 91.0 Å². The van der Waals surface area contributed by atoms with Crippen molar-refractivity contribution in [3.8, 4) is 0 Å². The third-order valence-electron chi connectivity index (χ3n) is 2.80. The summed E-state index contributed by atoms with van der Waals surface area (Å²) >= 11 is 3.36. The number of rotatable bonds is 2. The Kier molecular flexibility index (Phi) is 2.98. The van der Waals surface area contributed by atoms with Crippen molar-refractivity contribution in [2.45, 2.75) is 12.8 Å². The van der Waals surface area contributed by atoms with E-state index in [4.69, 9.17) is 9.83 Å². The zero-order chi connectivity index (χ0) is 13.4. The summed E-state index contributed by atoms with van der Waals surface area (Å²) in [4.78, 5) is 15.7. The Hall–Kier alpha value is -1.89. The van der Waals surface area contributed by atoms with Gasteiger partial charge in [-0.2, -0.15) is 4.98 Å². The molecular weight excluding hydrogens is 312 g/mol. The second-order valence-electron chi connectivity index (χ2n) is 4.37. The molecule has 0 unspecified atom stereocenters. The smallest absolute Gasteiger partial charge is 0.302 e. The third-order valence-corrected chi connectivity index (χ3v) is 3.42. The summed E-state index contributed by atoms with van der Waals surface area (Å²) in [5.74, 6) is -0.200. The van der Waals surface area contributed by atoms with E-state index in [9.17, 15) is 4.79 Å². The molecule has 0 aliphatic heterocycles. The van der Waals surface area contributed by atoms with Crippen LogP contribution >= 0.6 is 15.9 Å². The maximum absolute atomic E-state index is 11.5. The van der Waals surface area contributed by atoms with Crippen LogP contribution in [0.3, 0.4) is 0 Å². The number of carbonyl (C=O) groups is 1. The molecule has 1 amide bonds. The predicted octanol–water partition coefficient (Wildman–Crippen LogP) is 2.46. The highest BCUT2D eigenvalue weighted by molar-refractivity contribution is 9.10. The van der Waals surface area contributed by atoms with Gasteiger partial charge < -0.3 is 4.42 Å². The molecule has 3 rings (SSSR count). The number of oxazole rings is 1. The summed E-state index contributed by atoms with van der Waals surface area (Å²) < 4.78 is 6.26. The number of anilines is 1. The van der Waals surface area contributed by atoms with Crippen molar-refractivity contribution in [1.82, 2.24) is 10.3 Å². The van der Waals surface area contributed by atoms with Gasteiger partial charge in [0.2, 0.25) is 11.9 Å². The molecule has 7 heteroatoms. The number of nitrogens with zero attached hydrogens (tertiary/aromatic N) is 1. The van der Waals surface area contributed by atoms with Crippen molar-refractivity contribution >= 4 is 44.9 Å². The van der Waals surface area contributed by atoms with Gasteiger partial charge in [0, 0.05) is 5.92 Å². The number of para-hydroxylation sites is 1. The fourth-order valence-electron chi connectivity index (χ4n) is 1.68. The molecule has 1 heterocycles. The van der Waals surface area contributed by atoms with Crippen molar-refractivity contribution in [1.29, 1.82) is 5.41 Å². The van der Waals surface area contributed by atoms with Crippen LogP contribution in [0.15, 0.2) is 27.1 Å². The van der Waals surface area contributed by atoms with Gasteiger partial charge >= 0.3 is 6.01 Å². The number of amides is 1. The first-order valence-corrected chi connectivity index (χ1v) is 6.64. The Morgan fingerprint density at radius 1 is 1.47 bits per heavy atom. The number of guanidine groups is 1. The molecule has 1 saturated carbocycles. The van der Waals surface area contributed by atoms with E-state index in [1.54, 1.807) is 6.07 Å². The molecule has 1 aliphatic carbocycles. The molecule has 1 aliphatic rings. The molecule has 19 heavy (non-hydrogen) atoms. The number of fused-ring (bicyclic) bond motifs is 1. The Morgan fingerprint density at radius 3 is 2.95 bits per heavy atom. The minimum absolute atomic E-state index is 0.0555. The van der Waals surface area contributed by atoms with Gasteiger partial charge in [0.05, 0.1) is 4.47 Å². The average Bonchev–Trinajstić information content (AvgIpc) is 3.11. The Balaban J connectivity index is 1.72. The monoisotopic (exact) mass is 322 g/mol. The van der Waals surface area contributed by atoms with E-state index in [2.05, 4.69) is 31.5 Å². The minimum atomic E-state index is -0.130. The van der Waals surface area contributed by atoms with Gasteiger partial charge in [-0.05, 0) is 40.9 Å². The van der Waals surface area contributed by atoms with Crippen LogP contribution in [-0.2, 0) is 4.79 Å². The second-order valence-corrected chi connectivity index (χ2v) is 5.22. The largest absolute Gasteiger partial charge is 0.422 e. The van der Waals surface area contributed by atoms with E-state index < -0.39 is 0 Å². The van der Waals surface area contributed by atoms with Crippen LogP contribution in [0.1, 0.15) is 12.8 Å². The van der Waals surface area contributed by atoms with E-state index in [0.717, 1.165) is 17.3 Å². The Bertz CT molecular complexity index is 663. The fraction of sp³-hybridized carbons (Fsp3) is 0.250. The van der Waals surface area contributed by atoms with Crippen LogP contribution in [-0.4, -0.2) is 16.9 Å². The van der Waals surface area contributed by atoms with Crippen LogP contribution in [0.25, 0.3) is 11.1 Å². The number of nitrogens with one attached hydrogen (secondary N) is 3. The average molecular weight is 323 g/mol. The summed E-state index contributed by atoms with van der Waals surface area (Å²) in [6.45, 7) is 0. The molecule has 3 N–H and O–H groups in total. The molecule has 98 valence electrons. The molecule has 0 atom stereocenters. The number of aromatic nitrogens is 1. The lowest BCUT2D eigenvalue weighted by Crippen LogP contribution is -2.36. The number of halogens is 1. The Morgan fingerprint density at radius 2 is 2.26 bits per heavy atom. The molecule has 0 saturated heterocycles. The summed E-state index contributed by atoms with van der Waals surface area (Å²) in [7, 11) is 0. The Labute approximate surface area is 117 Å². The molecule has 0 spiro atoms. The van der Waals surface area contributed by atoms with Crippen molar-refractivity contribution in [2.75, 3.05) is 5.32 Å². The summed E-state index contributed by atoms with van der Waals surface area (Å²) in [6.07, 6.45) is 1.80. The first kappa shape index (κ1) is 12.2. The van der Waals surface area contributed by atoms with Crippen molar-refractivity contribution in [3.05, 3.63) is 22.7 Å². The van der Waals surface area contributed by atoms with E-state index >= 15 is 0 Å². The highest BCUT2D eigenvalue weighted by Crippen LogP contribution is 2.29. The number of carbonyl (C=O) groups excluding carboxylic acids is 1. The molecule has 1 aromatic heterocycles. The van der Waals surface area contributed by atoms with Gasteiger partial charge in [-0.15, -0.1) is 0 Å². The van der Waals surface area contributed by atoms with Gasteiger partial charge in [0.1, 0.15) is 5.52 Å². The SMILES string of the molecule is N=C(NC(=O)C1CC1)Nc1nc2cccc(Br)c2o1. The van der Waals surface area contributed by atoms with Crippen LogP contribution < -0.4 is 10.6 Å². The van der Waals surface area contributed by atoms with Crippen LogP contribution in [0.5, 0.6) is 0 Å². The molecule has 6 nitrogen and oxygen atoms in total. The minimum Gasteiger partial charge on any atom is -0.422 e. The fourth-order valence-corrected chi connectivity index (χ4v) is 2.11. The maximum Gasteiger partial charge on any atom is 0.302 e. The van der Waals surface area contributed by atoms with Gasteiger partial charge in [-0.1, -0.05) is 6.07 Å². The second kappa shape index (κ2) is 4.65. The number of hydrogen-bond donors (Lipinski definition) is 3. The van der Waals surface area contributed by atoms with Crippen molar-refractivity contribution in [3.63, 3.8) is 0 Å². The normalized spacial score (nSPS) is 14.4. The lowest BCUT2D eigenvalue weighted by atomic mass is 10.3. The van der Waals surface area contributed by atoms with Gasteiger partial charge in [0.25, 0.3) is 0 Å². The molecule has 0 radical (unpaired) electrons. The zero-order valence-electron chi connectivity index (χ0n) is 9.87. The standard InChI is InChI=1S/C12H11BrN4O2/c13-7-2-1-3-8-9(7)19-12(15-8)17-11(14)16-10(18)6-4-5-6/h1-3,6H,4-5H2,(H3,14,15,16,17,18). The third kappa shape index (κ3) is 2.60. The molecule has 1 aromatic carbocycles. The quantitative estimate of drug-likeness (QED) is 0.585. The maximum atomic E-state index is 11.5. The lowest BCUT2D eigenvalue weighted by Gasteiger charge is -2.04. The zero-order valence-corrected chi connectivity index (χ0v) is 11.5. The predicted molar refractivity (Wildman–Crippen MR) is 73.9 cm³/mol. The van der Waals surface area contributed by atoms with Gasteiger partial charge in [-0.3, -0.25) is 20.8 Å². The molecule has 2 aromatic rings. The molecular formula is C12H11BrN4O2. The van der Waals surface area contributed by atoms with Crippen molar-refractivity contribution < 1.29 is 9.21 Å². The van der Waals surface area contributed by atoms with E-state index in [1.165, 1.54) is 0 Å². The highest BCUT2D eigenvalue weighted by atomic mass is 79.9. The van der Waals surface area contributed by atoms with Gasteiger partial charge in [-0.25, -0.2) is 0 Å². The van der Waals surface area contributed by atoms with E-state index in [-0.39, 0.29) is 23.8 Å². The first-order valence-electron chi connectivity index (χ1n) is 5.85. The lowest BCUT2D eigenvalue weighted by molar-refractivity contribution is -0.120. The summed E-state index contributed by atoms with van der Waals surface area (Å²) in [5, 5.41) is 12.7. The highest BCUT2D eigenvalue weighted by Gasteiger charge is 2.30. The van der Waals surface area contributed by atoms with Crippen LogP contribution in [0, 0.1) is 11.3 Å². The van der Waals surface area contributed by atoms with Gasteiger partial charge in [0.15, 0.2) is 5.58 Å². The van der Waals surface area contributed by atoms with Crippen LogP contribution in [0.4, 0.5) is 6.01 Å². The molecule has 1 fully saturated rings. The number of hydrogen-bond acceptors (Lipinski definition) is 4. The summed E-state index contributed by atoms with van der Waals surface area (Å²) in [5.41, 5.74) is 1.28. The summed E-state index contributed by atoms with van der Waals surface area (Å²) in [6, 6.07) is 5.68. The van der Waals surface area contributed by atoms with Crippen molar-refractivity contribution in [2.24, 2.45) is 5.92 Å². The van der Waals surface area contributed by atoms with E-state index in [0.29, 0.717) is 11.1 Å². The van der Waals surface area contributed by atoms with Crippen LogP contribution in [0.2, 0.25) is 0 Å². The number of benzene rings is 1.